The van der Waals surface area contributed by atoms with E-state index in [0.717, 1.165) is 58.0 Å². The van der Waals surface area contributed by atoms with Gasteiger partial charge < -0.3 is 9.64 Å². The number of carbonyl (C=O) groups excluding carboxylic acids is 2. The van der Waals surface area contributed by atoms with Crippen molar-refractivity contribution in [3.63, 3.8) is 0 Å². The summed E-state index contributed by atoms with van der Waals surface area (Å²) in [5, 5.41) is 0. The van der Waals surface area contributed by atoms with Crippen LogP contribution in [0, 0.1) is 33.5 Å². The molecule has 0 aromatic heterocycles. The van der Waals surface area contributed by atoms with Crippen molar-refractivity contribution in [2.75, 3.05) is 26.3 Å². The van der Waals surface area contributed by atoms with Crippen molar-refractivity contribution < 1.29 is 14.3 Å². The molecule has 1 heterocycles. The first kappa shape index (κ1) is 19.1. The summed E-state index contributed by atoms with van der Waals surface area (Å²) < 4.78 is 5.49. The van der Waals surface area contributed by atoms with E-state index in [4.69, 9.17) is 4.74 Å². The van der Waals surface area contributed by atoms with Gasteiger partial charge in [0.2, 0.25) is 5.91 Å². The zero-order valence-corrected chi connectivity index (χ0v) is 18.0. The highest BCUT2D eigenvalue weighted by molar-refractivity contribution is 5.88. The summed E-state index contributed by atoms with van der Waals surface area (Å²) >= 11 is 0. The molecular formula is C24H37NO3. The molecule has 4 nitrogen and oxygen atoms in total. The van der Waals surface area contributed by atoms with Gasteiger partial charge in [-0.2, -0.15) is 0 Å². The molecular weight excluding hydrogens is 350 g/mol. The van der Waals surface area contributed by atoms with Crippen LogP contribution in [0.5, 0.6) is 0 Å². The van der Waals surface area contributed by atoms with Crippen molar-refractivity contribution in [2.45, 2.75) is 78.6 Å². The number of ether oxygens (including phenoxy) is 1. The van der Waals surface area contributed by atoms with E-state index < -0.39 is 0 Å². The summed E-state index contributed by atoms with van der Waals surface area (Å²) in [6, 6.07) is 0. The number of Topliss-reactive ketones (excluding diaryl/α,β-unsaturated/α-hetero) is 1. The van der Waals surface area contributed by atoms with Gasteiger partial charge in [-0.25, -0.2) is 0 Å². The van der Waals surface area contributed by atoms with Crippen molar-refractivity contribution in [1.29, 1.82) is 0 Å². The number of fused-ring (bicyclic) bond motifs is 3. The SMILES string of the molecule is C[C@@]12CCC3[C@@](CCC4[C@@]3(C)CCC[C@@]4(C)C(=O)N3CCOCC3)(CC1=O)C2. The first-order valence-corrected chi connectivity index (χ1v) is 11.6. The van der Waals surface area contributed by atoms with Gasteiger partial charge in [0, 0.05) is 30.3 Å². The number of hydrogen-bond donors (Lipinski definition) is 0. The van der Waals surface area contributed by atoms with Crippen molar-refractivity contribution in [3.05, 3.63) is 0 Å². The Morgan fingerprint density at radius 3 is 2.46 bits per heavy atom. The Bertz CT molecular complexity index is 700. The van der Waals surface area contributed by atoms with Crippen LogP contribution in [0.3, 0.4) is 0 Å². The molecule has 0 N–H and O–H groups in total. The van der Waals surface area contributed by atoms with Crippen molar-refractivity contribution in [3.8, 4) is 0 Å². The minimum atomic E-state index is -0.241. The summed E-state index contributed by atoms with van der Waals surface area (Å²) in [7, 11) is 0. The van der Waals surface area contributed by atoms with Gasteiger partial charge in [0.15, 0.2) is 0 Å². The van der Waals surface area contributed by atoms with Crippen molar-refractivity contribution in [1.82, 2.24) is 4.90 Å². The van der Waals surface area contributed by atoms with Gasteiger partial charge in [0.1, 0.15) is 5.78 Å². The predicted molar refractivity (Wildman–Crippen MR) is 108 cm³/mol. The number of hydrogen-bond acceptors (Lipinski definition) is 3. The van der Waals surface area contributed by atoms with E-state index in [-0.39, 0.29) is 21.7 Å². The third-order valence-corrected chi connectivity index (χ3v) is 10.1. The Hall–Kier alpha value is -0.900. The van der Waals surface area contributed by atoms with E-state index in [1.807, 2.05) is 0 Å². The first-order valence-electron chi connectivity index (χ1n) is 11.6. The first-order chi connectivity index (χ1) is 13.2. The number of morpholine rings is 1. The van der Waals surface area contributed by atoms with E-state index in [2.05, 4.69) is 25.7 Å². The van der Waals surface area contributed by atoms with E-state index in [9.17, 15) is 9.59 Å². The van der Waals surface area contributed by atoms with Crippen LogP contribution in [-0.4, -0.2) is 42.9 Å². The smallest absolute Gasteiger partial charge is 0.228 e. The molecule has 1 amide bonds. The molecule has 5 rings (SSSR count). The summed E-state index contributed by atoms with van der Waals surface area (Å²) in [6.45, 7) is 9.85. The lowest BCUT2D eigenvalue weighted by atomic mass is 9.40. The molecule has 2 bridgehead atoms. The molecule has 1 aliphatic heterocycles. The van der Waals surface area contributed by atoms with Crippen LogP contribution >= 0.6 is 0 Å². The third kappa shape index (κ3) is 2.39. The van der Waals surface area contributed by atoms with E-state index in [1.165, 1.54) is 12.8 Å². The average molecular weight is 388 g/mol. The second-order valence-corrected chi connectivity index (χ2v) is 11.6. The number of nitrogens with zero attached hydrogens (tertiary/aromatic N) is 1. The standard InChI is InChI=1S/C24H37NO3/c1-21-9-5-18-22(2)7-4-8-23(3,20(27)25-11-13-28-14-12-25)17(22)6-10-24(18,16-21)15-19(21)26/h17-18H,4-16H2,1-3H3/t17?,18?,21-,22+,23+,24-/m0/s1. The fraction of sp³-hybridized carbons (Fsp3) is 0.917. The lowest BCUT2D eigenvalue weighted by Gasteiger charge is -2.64. The molecule has 4 aliphatic carbocycles. The summed E-state index contributed by atoms with van der Waals surface area (Å²) in [5.74, 6) is 1.99. The fourth-order valence-electron chi connectivity index (χ4n) is 8.89. The monoisotopic (exact) mass is 387 g/mol. The van der Waals surface area contributed by atoms with E-state index >= 15 is 0 Å². The minimum absolute atomic E-state index is 0.0543. The van der Waals surface area contributed by atoms with Crippen molar-refractivity contribution in [2.24, 2.45) is 33.5 Å². The van der Waals surface area contributed by atoms with Gasteiger partial charge in [-0.15, -0.1) is 0 Å². The fourth-order valence-corrected chi connectivity index (χ4v) is 8.89. The Labute approximate surface area is 169 Å². The minimum Gasteiger partial charge on any atom is -0.378 e. The molecule has 28 heavy (non-hydrogen) atoms. The maximum atomic E-state index is 13.7. The zero-order valence-electron chi connectivity index (χ0n) is 18.0. The Morgan fingerprint density at radius 2 is 1.71 bits per heavy atom. The maximum absolute atomic E-state index is 13.7. The summed E-state index contributed by atoms with van der Waals surface area (Å²) in [5.41, 5.74) is 0.144. The average Bonchev–Trinajstić information content (AvgIpc) is 2.85. The van der Waals surface area contributed by atoms with E-state index in [1.54, 1.807) is 0 Å². The van der Waals surface area contributed by atoms with Gasteiger partial charge >= 0.3 is 0 Å². The second kappa shape index (κ2) is 6.06. The lowest BCUT2D eigenvalue weighted by Crippen LogP contribution is -2.61. The van der Waals surface area contributed by atoms with Gasteiger partial charge in [0.25, 0.3) is 0 Å². The van der Waals surface area contributed by atoms with Crippen LogP contribution in [0.15, 0.2) is 0 Å². The quantitative estimate of drug-likeness (QED) is 0.677. The van der Waals surface area contributed by atoms with Crippen LogP contribution in [0.2, 0.25) is 0 Å². The molecule has 5 fully saturated rings. The topological polar surface area (TPSA) is 46.6 Å². The predicted octanol–water partition coefficient (Wildman–Crippen LogP) is 4.22. The van der Waals surface area contributed by atoms with Gasteiger partial charge in [-0.1, -0.05) is 27.2 Å². The lowest BCUT2D eigenvalue weighted by molar-refractivity contribution is -0.180. The molecule has 2 unspecified atom stereocenters. The maximum Gasteiger partial charge on any atom is 0.228 e. The number of rotatable bonds is 1. The zero-order chi connectivity index (χ0) is 19.8. The molecule has 4 saturated carbocycles. The van der Waals surface area contributed by atoms with Gasteiger partial charge in [0.05, 0.1) is 13.2 Å². The molecule has 5 aliphatic rings. The Kier molecular flexibility index (Phi) is 4.13. The Morgan fingerprint density at radius 1 is 1.00 bits per heavy atom. The summed E-state index contributed by atoms with van der Waals surface area (Å²) in [6.07, 6.45) is 9.88. The van der Waals surface area contributed by atoms with Crippen molar-refractivity contribution >= 4 is 11.7 Å². The molecule has 1 saturated heterocycles. The second-order valence-electron chi connectivity index (χ2n) is 11.6. The highest BCUT2D eigenvalue weighted by Crippen LogP contribution is 2.73. The van der Waals surface area contributed by atoms with Gasteiger partial charge in [-0.3, -0.25) is 9.59 Å². The van der Waals surface area contributed by atoms with Crippen LogP contribution in [0.4, 0.5) is 0 Å². The molecule has 1 spiro atoms. The summed E-state index contributed by atoms with van der Waals surface area (Å²) in [4.78, 5) is 28.7. The van der Waals surface area contributed by atoms with Crippen LogP contribution in [0.1, 0.15) is 78.6 Å². The van der Waals surface area contributed by atoms with Crippen LogP contribution in [-0.2, 0) is 14.3 Å². The highest BCUT2D eigenvalue weighted by Gasteiger charge is 2.68. The molecule has 0 aromatic carbocycles. The molecule has 156 valence electrons. The van der Waals surface area contributed by atoms with Crippen LogP contribution < -0.4 is 0 Å². The number of ketones is 1. The largest absolute Gasteiger partial charge is 0.378 e. The molecule has 0 aromatic rings. The molecule has 4 heteroatoms. The third-order valence-electron chi connectivity index (χ3n) is 10.1. The normalized spacial score (nSPS) is 50.8. The van der Waals surface area contributed by atoms with Gasteiger partial charge in [-0.05, 0) is 67.6 Å². The highest BCUT2D eigenvalue weighted by atomic mass is 16.5. The number of carbonyl (C=O) groups is 2. The van der Waals surface area contributed by atoms with Crippen LogP contribution in [0.25, 0.3) is 0 Å². The number of amides is 1. The molecule has 0 radical (unpaired) electrons. The Balaban J connectivity index is 1.47. The molecule has 6 atom stereocenters. The van der Waals surface area contributed by atoms with E-state index in [0.29, 0.717) is 36.7 Å².